The van der Waals surface area contributed by atoms with Crippen LogP contribution in [0.2, 0.25) is 0 Å². The Morgan fingerprint density at radius 1 is 0.556 bits per heavy atom. The minimum Gasteiger partial charge on any atom is -0.462 e. The number of likely N-dealkylation sites (N-methyl/N-ethyl adjacent to an activating group) is 1. The first-order chi connectivity index (χ1) is 26.0. The lowest BCUT2D eigenvalue weighted by atomic mass is 10.0. The quantitative estimate of drug-likeness (QED) is 0.0214. The van der Waals surface area contributed by atoms with Crippen LogP contribution >= 0.6 is 7.82 Å². The SMILES string of the molecule is CCCCCCCCCCCCCCCCCCCC/C=C/CCCC(=O)O[C@H](COC(=O)CCCCCCCCC)COP(=O)(O)OCC[N+](C)(C)C. The number of phosphoric ester groups is 1. The first-order valence-electron chi connectivity index (χ1n) is 22.4. The van der Waals surface area contributed by atoms with E-state index in [0.717, 1.165) is 32.1 Å². The molecule has 1 N–H and O–H groups in total. The predicted octanol–water partition coefficient (Wildman–Crippen LogP) is 12.6. The van der Waals surface area contributed by atoms with E-state index in [-0.39, 0.29) is 32.0 Å². The van der Waals surface area contributed by atoms with Crippen LogP contribution in [0.3, 0.4) is 0 Å². The number of esters is 2. The van der Waals surface area contributed by atoms with Gasteiger partial charge in [-0.1, -0.05) is 174 Å². The molecule has 0 aliphatic heterocycles. The maximum Gasteiger partial charge on any atom is 0.472 e. The van der Waals surface area contributed by atoms with Crippen molar-refractivity contribution >= 4 is 19.8 Å². The summed E-state index contributed by atoms with van der Waals surface area (Å²) in [7, 11) is 1.47. The largest absolute Gasteiger partial charge is 0.472 e. The zero-order chi connectivity index (χ0) is 40.0. The third-order valence-electron chi connectivity index (χ3n) is 9.80. The second kappa shape index (κ2) is 37.3. The average Bonchev–Trinajstić information content (AvgIpc) is 3.12. The van der Waals surface area contributed by atoms with E-state index >= 15 is 0 Å². The molecule has 0 amide bonds. The highest BCUT2D eigenvalue weighted by atomic mass is 31.2. The second-order valence-corrected chi connectivity index (χ2v) is 17.9. The van der Waals surface area contributed by atoms with Crippen LogP contribution in [0.15, 0.2) is 12.2 Å². The molecule has 10 heteroatoms. The topological polar surface area (TPSA) is 108 Å². The van der Waals surface area contributed by atoms with E-state index in [1.165, 1.54) is 141 Å². The summed E-state index contributed by atoms with van der Waals surface area (Å²) in [5.74, 6) is -0.835. The van der Waals surface area contributed by atoms with Crippen molar-refractivity contribution in [2.45, 2.75) is 213 Å². The van der Waals surface area contributed by atoms with Crippen molar-refractivity contribution in [3.63, 3.8) is 0 Å². The second-order valence-electron chi connectivity index (χ2n) is 16.4. The van der Waals surface area contributed by atoms with Crippen LogP contribution in [0.1, 0.15) is 206 Å². The smallest absolute Gasteiger partial charge is 0.462 e. The van der Waals surface area contributed by atoms with Crippen molar-refractivity contribution < 1.29 is 42.1 Å². The number of rotatable bonds is 41. The molecule has 320 valence electrons. The Morgan fingerprint density at radius 2 is 0.963 bits per heavy atom. The Morgan fingerprint density at radius 3 is 1.43 bits per heavy atom. The molecule has 0 saturated carbocycles. The van der Waals surface area contributed by atoms with Crippen molar-refractivity contribution in [2.24, 2.45) is 0 Å². The lowest BCUT2D eigenvalue weighted by Gasteiger charge is -2.24. The number of ether oxygens (including phenoxy) is 2. The molecule has 0 aliphatic carbocycles. The lowest BCUT2D eigenvalue weighted by Crippen LogP contribution is -2.37. The molecular weight excluding hydrogens is 701 g/mol. The van der Waals surface area contributed by atoms with Gasteiger partial charge in [-0.3, -0.25) is 18.6 Å². The van der Waals surface area contributed by atoms with Crippen LogP contribution in [-0.4, -0.2) is 74.9 Å². The highest BCUT2D eigenvalue weighted by Gasteiger charge is 2.27. The van der Waals surface area contributed by atoms with Gasteiger partial charge in [0.25, 0.3) is 0 Å². The summed E-state index contributed by atoms with van der Waals surface area (Å²) in [6.45, 7) is 4.36. The summed E-state index contributed by atoms with van der Waals surface area (Å²) >= 11 is 0. The summed E-state index contributed by atoms with van der Waals surface area (Å²) in [4.78, 5) is 35.1. The third-order valence-corrected chi connectivity index (χ3v) is 10.8. The van der Waals surface area contributed by atoms with Crippen molar-refractivity contribution in [1.82, 2.24) is 0 Å². The van der Waals surface area contributed by atoms with Gasteiger partial charge < -0.3 is 18.9 Å². The molecule has 0 radical (unpaired) electrons. The van der Waals surface area contributed by atoms with Gasteiger partial charge in [0.2, 0.25) is 0 Å². The zero-order valence-electron chi connectivity index (χ0n) is 36.0. The molecule has 0 aromatic rings. The lowest BCUT2D eigenvalue weighted by molar-refractivity contribution is -0.870. The number of phosphoric acid groups is 1. The Bertz CT molecular complexity index is 938. The molecule has 0 saturated heterocycles. The molecule has 54 heavy (non-hydrogen) atoms. The van der Waals surface area contributed by atoms with Crippen LogP contribution in [0.5, 0.6) is 0 Å². The first-order valence-corrected chi connectivity index (χ1v) is 23.9. The summed E-state index contributed by atoms with van der Waals surface area (Å²) in [6.07, 6.45) is 38.7. The molecule has 0 bridgehead atoms. The number of nitrogens with zero attached hydrogens (tertiary/aromatic N) is 1. The molecule has 2 atom stereocenters. The van der Waals surface area contributed by atoms with Crippen LogP contribution in [0.4, 0.5) is 0 Å². The maximum atomic E-state index is 12.6. The number of quaternary nitrogens is 1. The highest BCUT2D eigenvalue weighted by molar-refractivity contribution is 7.47. The first kappa shape index (κ1) is 52.8. The number of carbonyl (C=O) groups is 2. The average molecular weight is 789 g/mol. The minimum atomic E-state index is -4.37. The van der Waals surface area contributed by atoms with E-state index in [0.29, 0.717) is 17.4 Å². The summed E-state index contributed by atoms with van der Waals surface area (Å²) in [6, 6.07) is 0. The molecule has 0 fully saturated rings. The summed E-state index contributed by atoms with van der Waals surface area (Å²) in [5.41, 5.74) is 0. The maximum absolute atomic E-state index is 12.6. The number of carbonyl (C=O) groups excluding carboxylic acids is 2. The van der Waals surface area contributed by atoms with Gasteiger partial charge in [0.1, 0.15) is 19.8 Å². The van der Waals surface area contributed by atoms with Crippen molar-refractivity contribution in [3.8, 4) is 0 Å². The van der Waals surface area contributed by atoms with E-state index in [9.17, 15) is 19.0 Å². The van der Waals surface area contributed by atoms with E-state index in [4.69, 9.17) is 18.5 Å². The van der Waals surface area contributed by atoms with E-state index in [2.05, 4.69) is 26.0 Å². The van der Waals surface area contributed by atoms with Gasteiger partial charge in [-0.15, -0.1) is 0 Å². The summed E-state index contributed by atoms with van der Waals surface area (Å²) in [5, 5.41) is 0. The van der Waals surface area contributed by atoms with Gasteiger partial charge in [-0.25, -0.2) is 4.57 Å². The normalized spacial score (nSPS) is 13.7. The van der Waals surface area contributed by atoms with Crippen LogP contribution < -0.4 is 0 Å². The number of hydrogen-bond donors (Lipinski definition) is 1. The number of allylic oxidation sites excluding steroid dienone is 2. The van der Waals surface area contributed by atoms with Gasteiger partial charge in [0, 0.05) is 12.8 Å². The van der Waals surface area contributed by atoms with Gasteiger partial charge >= 0.3 is 19.8 Å². The zero-order valence-corrected chi connectivity index (χ0v) is 36.9. The van der Waals surface area contributed by atoms with E-state index in [1.54, 1.807) is 0 Å². The van der Waals surface area contributed by atoms with Gasteiger partial charge in [-0.05, 0) is 32.1 Å². The Hall–Kier alpha value is -1.25. The van der Waals surface area contributed by atoms with Crippen LogP contribution in [0, 0.1) is 0 Å². The molecule has 0 aromatic carbocycles. The predicted molar refractivity (Wildman–Crippen MR) is 224 cm³/mol. The van der Waals surface area contributed by atoms with Gasteiger partial charge in [-0.2, -0.15) is 0 Å². The number of unbranched alkanes of at least 4 members (excludes halogenated alkanes) is 25. The molecule has 9 nitrogen and oxygen atoms in total. The fourth-order valence-electron chi connectivity index (χ4n) is 6.25. The van der Waals surface area contributed by atoms with Gasteiger partial charge in [0.05, 0.1) is 27.7 Å². The Balaban J connectivity index is 4.16. The standard InChI is InChI=1S/C44H86NO8P/c1-6-8-10-12-14-15-16-17-18-19-20-21-22-23-24-25-26-27-28-29-31-33-35-37-44(47)53-42(41-52-54(48,49)51-39-38-45(3,4)5)40-50-43(46)36-34-32-30-13-11-9-7-2/h29,31,42H,6-28,30,32-41H2,1-5H3/p+1/b31-29+/t42-/m1/s1. The fraction of sp³-hybridized carbons (Fsp3) is 0.909. The number of hydrogen-bond acceptors (Lipinski definition) is 7. The Kier molecular flexibility index (Phi) is 36.5. The highest BCUT2D eigenvalue weighted by Crippen LogP contribution is 2.43. The van der Waals surface area contributed by atoms with E-state index < -0.39 is 26.5 Å². The van der Waals surface area contributed by atoms with Crippen molar-refractivity contribution in [2.75, 3.05) is 47.5 Å². The summed E-state index contributed by atoms with van der Waals surface area (Å²) < 4.78 is 34.1. The monoisotopic (exact) mass is 789 g/mol. The van der Waals surface area contributed by atoms with Crippen LogP contribution in [-0.2, 0) is 32.7 Å². The van der Waals surface area contributed by atoms with Crippen molar-refractivity contribution in [1.29, 1.82) is 0 Å². The third kappa shape index (κ3) is 40.4. The van der Waals surface area contributed by atoms with E-state index in [1.807, 2.05) is 21.1 Å². The minimum absolute atomic E-state index is 0.0300. The van der Waals surface area contributed by atoms with Crippen molar-refractivity contribution in [3.05, 3.63) is 12.2 Å². The Labute approximate surface area is 333 Å². The molecule has 1 unspecified atom stereocenters. The van der Waals surface area contributed by atoms with Gasteiger partial charge in [0.15, 0.2) is 6.10 Å². The molecule has 0 rings (SSSR count). The molecule has 0 aromatic heterocycles. The molecule has 0 heterocycles. The van der Waals surface area contributed by atoms with Crippen LogP contribution in [0.25, 0.3) is 0 Å². The molecule has 0 spiro atoms. The fourth-order valence-corrected chi connectivity index (χ4v) is 7.00. The molecule has 0 aliphatic rings. The molecular formula is C44H87NO8P+.